The molecule has 0 spiro atoms. The van der Waals surface area contributed by atoms with Gasteiger partial charge >= 0.3 is 0 Å². The molecule has 1 rings (SSSR count). The second-order valence-corrected chi connectivity index (χ2v) is 23.2. The van der Waals surface area contributed by atoms with Crippen LogP contribution in [0.15, 0.2) is 72.9 Å². The second-order valence-electron chi connectivity index (χ2n) is 23.2. The molecule has 1 aliphatic rings. The molecule has 9 nitrogen and oxygen atoms in total. The minimum absolute atomic E-state index is 0.137. The van der Waals surface area contributed by atoms with E-state index in [9.17, 15) is 30.3 Å². The first-order valence-corrected chi connectivity index (χ1v) is 33.6. The summed E-state index contributed by atoms with van der Waals surface area (Å²) in [6.45, 7) is 3.76. The monoisotopic (exact) mass is 1110 g/mol. The minimum Gasteiger partial charge on any atom is -0.394 e. The van der Waals surface area contributed by atoms with E-state index >= 15 is 0 Å². The molecule has 1 amide bonds. The van der Waals surface area contributed by atoms with E-state index in [-0.39, 0.29) is 12.5 Å². The predicted molar refractivity (Wildman–Crippen MR) is 336 cm³/mol. The first-order chi connectivity index (χ1) is 38.8. The van der Waals surface area contributed by atoms with Crippen LogP contribution in [0.2, 0.25) is 0 Å². The molecule has 0 saturated carbocycles. The van der Waals surface area contributed by atoms with Crippen molar-refractivity contribution in [1.29, 1.82) is 0 Å². The van der Waals surface area contributed by atoms with Crippen molar-refractivity contribution in [2.75, 3.05) is 13.2 Å². The topological polar surface area (TPSA) is 149 Å². The highest BCUT2D eigenvalue weighted by atomic mass is 16.7. The van der Waals surface area contributed by atoms with Gasteiger partial charge in [-0.15, -0.1) is 0 Å². The molecule has 0 aliphatic carbocycles. The van der Waals surface area contributed by atoms with Crippen molar-refractivity contribution in [2.24, 2.45) is 0 Å². The number of amides is 1. The molecule has 0 aromatic heterocycles. The number of hydrogen-bond acceptors (Lipinski definition) is 8. The third-order valence-corrected chi connectivity index (χ3v) is 15.8. The number of unbranched alkanes of at least 4 members (excludes halogenated alkanes) is 36. The number of hydrogen-bond donors (Lipinski definition) is 6. The average Bonchev–Trinajstić information content (AvgIpc) is 3.47. The van der Waals surface area contributed by atoms with Gasteiger partial charge in [-0.25, -0.2) is 0 Å². The molecule has 0 aromatic carbocycles. The maximum Gasteiger partial charge on any atom is 0.220 e. The Morgan fingerprint density at radius 2 is 0.785 bits per heavy atom. The molecule has 7 unspecified atom stereocenters. The quantitative estimate of drug-likeness (QED) is 0.0261. The van der Waals surface area contributed by atoms with Gasteiger partial charge in [0.05, 0.1) is 25.4 Å². The lowest BCUT2D eigenvalue weighted by Gasteiger charge is -2.40. The molecule has 1 saturated heterocycles. The lowest BCUT2D eigenvalue weighted by atomic mass is 9.99. The van der Waals surface area contributed by atoms with Crippen LogP contribution in [0.3, 0.4) is 0 Å². The van der Waals surface area contributed by atoms with Crippen LogP contribution in [0.25, 0.3) is 0 Å². The molecule has 1 fully saturated rings. The summed E-state index contributed by atoms with van der Waals surface area (Å²) in [6.07, 6.45) is 75.2. The van der Waals surface area contributed by atoms with Crippen LogP contribution in [0.5, 0.6) is 0 Å². The highest BCUT2D eigenvalue weighted by molar-refractivity contribution is 5.76. The SMILES string of the molecule is CC/C=C\C/C=C\C/C=C\C/C=C\C/C=C\C/C=C\CCCCCCCCCCCCCCCCCCC(=O)NC(COC1OC(CO)C(O)C(O)C1O)C(O)CCCCCCCCCCCCCCCCCCCCCCC. The van der Waals surface area contributed by atoms with Crippen LogP contribution in [0.4, 0.5) is 0 Å². The number of ether oxygens (including phenoxy) is 2. The van der Waals surface area contributed by atoms with E-state index in [1.165, 1.54) is 205 Å². The Bertz CT molecular complexity index is 1470. The number of carbonyl (C=O) groups is 1. The van der Waals surface area contributed by atoms with Crippen molar-refractivity contribution in [3.05, 3.63) is 72.9 Å². The summed E-state index contributed by atoms with van der Waals surface area (Å²) >= 11 is 0. The molecule has 0 aromatic rings. The molecule has 0 radical (unpaired) electrons. The van der Waals surface area contributed by atoms with E-state index in [4.69, 9.17) is 9.47 Å². The van der Waals surface area contributed by atoms with Gasteiger partial charge in [0, 0.05) is 6.42 Å². The van der Waals surface area contributed by atoms with Crippen molar-refractivity contribution >= 4 is 5.91 Å². The Hall–Kier alpha value is -2.37. The normalized spacial score (nSPS) is 19.0. The van der Waals surface area contributed by atoms with Gasteiger partial charge in [-0.05, 0) is 64.2 Å². The van der Waals surface area contributed by atoms with E-state index in [0.717, 1.165) is 77.0 Å². The number of carbonyl (C=O) groups excluding carboxylic acids is 1. The largest absolute Gasteiger partial charge is 0.394 e. The zero-order chi connectivity index (χ0) is 57.2. The smallest absolute Gasteiger partial charge is 0.220 e. The van der Waals surface area contributed by atoms with E-state index in [2.05, 4.69) is 92.1 Å². The standard InChI is InChI=1S/C70H127NO8/c1-3-5-7-9-11-13-15-17-19-21-23-25-26-27-28-29-30-31-32-33-34-35-36-37-38-40-42-44-46-48-50-52-54-56-58-60-66(74)71-63(62-78-70-69(77)68(76)67(75)65(61-72)79-70)64(73)59-57-55-53-51-49-47-45-43-41-39-24-22-20-18-16-14-12-10-8-6-4-2/h5,7,11,13,17,19,23,25,27-28,30-31,63-65,67-70,72-73,75-77H,3-4,6,8-10,12,14-16,18,20-22,24,26,29,32-62H2,1-2H3,(H,71,74)/b7-5-,13-11-,19-17-,25-23-,28-27-,31-30-. The van der Waals surface area contributed by atoms with Gasteiger partial charge in [-0.2, -0.15) is 0 Å². The van der Waals surface area contributed by atoms with Crippen molar-refractivity contribution in [3.8, 4) is 0 Å². The van der Waals surface area contributed by atoms with Crippen molar-refractivity contribution in [2.45, 2.75) is 352 Å². The fraction of sp³-hybridized carbons (Fsp3) is 0.814. The minimum atomic E-state index is -1.56. The van der Waals surface area contributed by atoms with E-state index in [0.29, 0.717) is 12.8 Å². The van der Waals surface area contributed by atoms with Gasteiger partial charge in [0.2, 0.25) is 5.91 Å². The number of rotatable bonds is 58. The first kappa shape index (κ1) is 74.6. The Kier molecular flexibility index (Phi) is 55.6. The third kappa shape index (κ3) is 47.8. The van der Waals surface area contributed by atoms with Crippen LogP contribution in [0, 0.1) is 0 Å². The van der Waals surface area contributed by atoms with Crippen LogP contribution in [0.1, 0.15) is 309 Å². The first-order valence-electron chi connectivity index (χ1n) is 33.6. The van der Waals surface area contributed by atoms with Crippen molar-refractivity contribution < 1.29 is 39.8 Å². The number of aliphatic hydroxyl groups excluding tert-OH is 5. The van der Waals surface area contributed by atoms with Gasteiger partial charge in [-0.3, -0.25) is 4.79 Å². The van der Waals surface area contributed by atoms with Crippen LogP contribution >= 0.6 is 0 Å². The zero-order valence-corrected chi connectivity index (χ0v) is 51.4. The molecule has 9 heteroatoms. The lowest BCUT2D eigenvalue weighted by molar-refractivity contribution is -0.302. The fourth-order valence-corrected chi connectivity index (χ4v) is 10.6. The summed E-state index contributed by atoms with van der Waals surface area (Å²) < 4.78 is 11.4. The Morgan fingerprint density at radius 1 is 0.443 bits per heavy atom. The Morgan fingerprint density at radius 3 is 1.16 bits per heavy atom. The summed E-state index contributed by atoms with van der Waals surface area (Å²) in [5.41, 5.74) is 0. The number of nitrogens with one attached hydrogen (secondary N) is 1. The van der Waals surface area contributed by atoms with Gasteiger partial charge in [0.1, 0.15) is 24.4 Å². The predicted octanol–water partition coefficient (Wildman–Crippen LogP) is 18.0. The van der Waals surface area contributed by atoms with Crippen molar-refractivity contribution in [3.63, 3.8) is 0 Å². The summed E-state index contributed by atoms with van der Waals surface area (Å²) in [5.74, 6) is -0.142. The van der Waals surface area contributed by atoms with E-state index in [1.54, 1.807) is 0 Å². The molecule has 6 N–H and O–H groups in total. The van der Waals surface area contributed by atoms with Crippen LogP contribution in [-0.2, 0) is 14.3 Å². The number of allylic oxidation sites excluding steroid dienone is 12. The molecule has 1 aliphatic heterocycles. The summed E-state index contributed by atoms with van der Waals surface area (Å²) in [6, 6.07) is -0.722. The van der Waals surface area contributed by atoms with E-state index in [1.807, 2.05) is 0 Å². The van der Waals surface area contributed by atoms with Gasteiger partial charge in [-0.1, -0.05) is 311 Å². The maximum atomic E-state index is 13.1. The highest BCUT2D eigenvalue weighted by Gasteiger charge is 2.44. The number of aliphatic hydroxyl groups is 5. The summed E-state index contributed by atoms with van der Waals surface area (Å²) in [7, 11) is 0. The second kappa shape index (κ2) is 58.8. The molecule has 7 atom stereocenters. The zero-order valence-electron chi connectivity index (χ0n) is 51.4. The lowest BCUT2D eigenvalue weighted by Crippen LogP contribution is -2.60. The molecule has 79 heavy (non-hydrogen) atoms. The molecule has 0 bridgehead atoms. The van der Waals surface area contributed by atoms with Gasteiger partial charge in [0.25, 0.3) is 0 Å². The molecule has 1 heterocycles. The highest BCUT2D eigenvalue weighted by Crippen LogP contribution is 2.23. The fourth-order valence-electron chi connectivity index (χ4n) is 10.6. The van der Waals surface area contributed by atoms with Gasteiger partial charge in [0.15, 0.2) is 6.29 Å². The molecular formula is C70H127NO8. The van der Waals surface area contributed by atoms with Crippen molar-refractivity contribution in [1.82, 2.24) is 5.32 Å². The summed E-state index contributed by atoms with van der Waals surface area (Å²) in [5, 5.41) is 54.9. The molecular weight excluding hydrogens is 983 g/mol. The Balaban J connectivity index is 2.11. The maximum absolute atomic E-state index is 13.1. The third-order valence-electron chi connectivity index (χ3n) is 15.8. The van der Waals surface area contributed by atoms with Crippen LogP contribution in [-0.4, -0.2) is 87.5 Å². The molecule has 460 valence electrons. The van der Waals surface area contributed by atoms with E-state index < -0.39 is 49.5 Å². The Labute approximate surface area is 487 Å². The van der Waals surface area contributed by atoms with Crippen LogP contribution < -0.4 is 5.32 Å². The average molecular weight is 1110 g/mol. The summed E-state index contributed by atoms with van der Waals surface area (Å²) in [4.78, 5) is 13.1. The van der Waals surface area contributed by atoms with Gasteiger partial charge < -0.3 is 40.3 Å².